The highest BCUT2D eigenvalue weighted by Gasteiger charge is 1.91. The van der Waals surface area contributed by atoms with Crippen molar-refractivity contribution in [2.24, 2.45) is 0 Å². The molecule has 0 atom stereocenters. The first-order chi connectivity index (χ1) is 6.31. The number of hydrogen-bond donors (Lipinski definition) is 1. The molecule has 0 aliphatic heterocycles. The van der Waals surface area contributed by atoms with Gasteiger partial charge in [-0.3, -0.25) is 0 Å². The Morgan fingerprint density at radius 3 is 2.15 bits per heavy atom. The van der Waals surface area contributed by atoms with Crippen LogP contribution in [0.4, 0.5) is 0 Å². The van der Waals surface area contributed by atoms with E-state index in [0.29, 0.717) is 0 Å². The normalized spacial score (nSPS) is 8.62. The fraction of sp³-hybridized carbons (Fsp3) is 0.833. The van der Waals surface area contributed by atoms with Crippen molar-refractivity contribution in [1.29, 1.82) is 0 Å². The smallest absolute Gasteiger partial charge is 0.0115 e. The Bertz CT molecular complexity index is 97.3. The lowest BCUT2D eigenvalue weighted by Crippen LogP contribution is -2.10. The van der Waals surface area contributed by atoms with Gasteiger partial charge in [-0.2, -0.15) is 0 Å². The summed E-state index contributed by atoms with van der Waals surface area (Å²) in [5.41, 5.74) is 1.20. The summed E-state index contributed by atoms with van der Waals surface area (Å²) in [6, 6.07) is 0. The molecule has 80 valence electrons. The standard InChI is InChI=1S/C10H21N.C2H6/c1-4-6-7-8-9-10(3)11-5-2;1-2/h11H,3-9H2,1-2H3;1-2H3. The summed E-state index contributed by atoms with van der Waals surface area (Å²) in [7, 11) is 0. The van der Waals surface area contributed by atoms with E-state index in [-0.39, 0.29) is 0 Å². The molecular formula is C12H27N. The third-order valence-electron chi connectivity index (χ3n) is 1.76. The molecule has 0 amide bonds. The predicted molar refractivity (Wildman–Crippen MR) is 62.9 cm³/mol. The number of hydrogen-bond acceptors (Lipinski definition) is 1. The molecule has 0 saturated carbocycles. The average molecular weight is 185 g/mol. The first-order valence-electron chi connectivity index (χ1n) is 5.72. The molecule has 1 nitrogen and oxygen atoms in total. The summed E-state index contributed by atoms with van der Waals surface area (Å²) in [4.78, 5) is 0. The first-order valence-corrected chi connectivity index (χ1v) is 5.72. The Morgan fingerprint density at radius 1 is 1.08 bits per heavy atom. The maximum Gasteiger partial charge on any atom is 0.0115 e. The molecule has 0 spiro atoms. The Morgan fingerprint density at radius 2 is 1.69 bits per heavy atom. The lowest BCUT2D eigenvalue weighted by Gasteiger charge is -2.05. The second-order valence-electron chi connectivity index (χ2n) is 2.94. The van der Waals surface area contributed by atoms with Gasteiger partial charge in [0.15, 0.2) is 0 Å². The van der Waals surface area contributed by atoms with Gasteiger partial charge < -0.3 is 5.32 Å². The van der Waals surface area contributed by atoms with Crippen LogP contribution < -0.4 is 5.32 Å². The molecule has 0 aromatic carbocycles. The fourth-order valence-electron chi connectivity index (χ4n) is 1.10. The molecule has 0 radical (unpaired) electrons. The van der Waals surface area contributed by atoms with E-state index in [2.05, 4.69) is 25.7 Å². The lowest BCUT2D eigenvalue weighted by molar-refractivity contribution is 0.643. The minimum Gasteiger partial charge on any atom is -0.389 e. The van der Waals surface area contributed by atoms with Gasteiger partial charge in [0.1, 0.15) is 0 Å². The molecule has 0 aliphatic carbocycles. The van der Waals surface area contributed by atoms with Gasteiger partial charge >= 0.3 is 0 Å². The number of allylic oxidation sites excluding steroid dienone is 1. The van der Waals surface area contributed by atoms with Crippen LogP contribution in [0.25, 0.3) is 0 Å². The Balaban J connectivity index is 0. The molecule has 0 bridgehead atoms. The van der Waals surface area contributed by atoms with Crippen molar-refractivity contribution in [3.05, 3.63) is 12.3 Å². The van der Waals surface area contributed by atoms with E-state index in [4.69, 9.17) is 0 Å². The monoisotopic (exact) mass is 185 g/mol. The highest BCUT2D eigenvalue weighted by atomic mass is 14.9. The minimum absolute atomic E-state index is 1.01. The lowest BCUT2D eigenvalue weighted by atomic mass is 10.1. The van der Waals surface area contributed by atoms with Crippen LogP contribution >= 0.6 is 0 Å². The molecular weight excluding hydrogens is 158 g/mol. The van der Waals surface area contributed by atoms with Crippen LogP contribution in [0.15, 0.2) is 12.3 Å². The summed E-state index contributed by atoms with van der Waals surface area (Å²) < 4.78 is 0. The van der Waals surface area contributed by atoms with E-state index >= 15 is 0 Å². The second-order valence-corrected chi connectivity index (χ2v) is 2.94. The zero-order valence-electron chi connectivity index (χ0n) is 9.95. The summed E-state index contributed by atoms with van der Waals surface area (Å²) in [5, 5.41) is 3.23. The average Bonchev–Trinajstić information content (AvgIpc) is 2.16. The Labute approximate surface area is 84.6 Å². The van der Waals surface area contributed by atoms with Crippen LogP contribution in [0, 0.1) is 0 Å². The van der Waals surface area contributed by atoms with Gasteiger partial charge in [0.05, 0.1) is 0 Å². The number of unbranched alkanes of at least 4 members (excludes halogenated alkanes) is 3. The fourth-order valence-corrected chi connectivity index (χ4v) is 1.10. The van der Waals surface area contributed by atoms with Crippen LogP contribution in [0.3, 0.4) is 0 Å². The van der Waals surface area contributed by atoms with Gasteiger partial charge in [0.25, 0.3) is 0 Å². The molecule has 0 saturated heterocycles. The third-order valence-corrected chi connectivity index (χ3v) is 1.76. The molecule has 0 aliphatic rings. The van der Waals surface area contributed by atoms with E-state index in [1.807, 2.05) is 13.8 Å². The molecule has 0 rings (SSSR count). The second kappa shape index (κ2) is 14.1. The zero-order chi connectivity index (χ0) is 10.5. The van der Waals surface area contributed by atoms with E-state index < -0.39 is 0 Å². The van der Waals surface area contributed by atoms with Gasteiger partial charge in [-0.1, -0.05) is 46.6 Å². The van der Waals surface area contributed by atoms with E-state index in [1.165, 1.54) is 31.4 Å². The van der Waals surface area contributed by atoms with Crippen molar-refractivity contribution in [3.63, 3.8) is 0 Å². The van der Waals surface area contributed by atoms with Gasteiger partial charge in [0, 0.05) is 12.2 Å². The van der Waals surface area contributed by atoms with Crippen LogP contribution in [-0.4, -0.2) is 6.54 Å². The predicted octanol–water partition coefficient (Wildman–Crippen LogP) is 4.11. The first kappa shape index (κ1) is 15.0. The quantitative estimate of drug-likeness (QED) is 0.589. The van der Waals surface area contributed by atoms with Crippen molar-refractivity contribution in [1.82, 2.24) is 5.32 Å². The van der Waals surface area contributed by atoms with Crippen molar-refractivity contribution in [2.45, 2.75) is 59.8 Å². The van der Waals surface area contributed by atoms with Crippen LogP contribution in [0.2, 0.25) is 0 Å². The summed E-state index contributed by atoms with van der Waals surface area (Å²) in [6.07, 6.45) is 6.46. The highest BCUT2D eigenvalue weighted by molar-refractivity contribution is 4.89. The summed E-state index contributed by atoms with van der Waals surface area (Å²) in [5.74, 6) is 0. The van der Waals surface area contributed by atoms with Gasteiger partial charge in [-0.25, -0.2) is 0 Å². The largest absolute Gasteiger partial charge is 0.389 e. The van der Waals surface area contributed by atoms with Gasteiger partial charge in [0.2, 0.25) is 0 Å². The molecule has 0 fully saturated rings. The molecule has 1 N–H and O–H groups in total. The maximum atomic E-state index is 3.93. The van der Waals surface area contributed by atoms with Gasteiger partial charge in [-0.15, -0.1) is 0 Å². The molecule has 13 heavy (non-hydrogen) atoms. The Hall–Kier alpha value is -0.460. The van der Waals surface area contributed by atoms with Crippen LogP contribution in [0.1, 0.15) is 59.8 Å². The van der Waals surface area contributed by atoms with Crippen LogP contribution in [0.5, 0.6) is 0 Å². The topological polar surface area (TPSA) is 12.0 Å². The highest BCUT2D eigenvalue weighted by Crippen LogP contribution is 2.05. The number of rotatable bonds is 7. The molecule has 1 heteroatoms. The maximum absolute atomic E-state index is 3.93. The summed E-state index contributed by atoms with van der Waals surface area (Å²) in [6.45, 7) is 13.3. The third kappa shape index (κ3) is 14.4. The van der Waals surface area contributed by atoms with Crippen molar-refractivity contribution >= 4 is 0 Å². The van der Waals surface area contributed by atoms with Crippen molar-refractivity contribution < 1.29 is 0 Å². The van der Waals surface area contributed by atoms with Crippen molar-refractivity contribution in [2.75, 3.05) is 6.54 Å². The van der Waals surface area contributed by atoms with Gasteiger partial charge in [-0.05, 0) is 19.8 Å². The Kier molecular flexibility index (Phi) is 16.3. The van der Waals surface area contributed by atoms with E-state index in [9.17, 15) is 0 Å². The summed E-state index contributed by atoms with van der Waals surface area (Å²) >= 11 is 0. The number of nitrogens with one attached hydrogen (secondary N) is 1. The van der Waals surface area contributed by atoms with Crippen molar-refractivity contribution in [3.8, 4) is 0 Å². The molecule has 0 unspecified atom stereocenters. The molecule has 0 heterocycles. The van der Waals surface area contributed by atoms with Crippen LogP contribution in [-0.2, 0) is 0 Å². The zero-order valence-corrected chi connectivity index (χ0v) is 9.95. The molecule has 0 aromatic heterocycles. The van der Waals surface area contributed by atoms with E-state index in [1.54, 1.807) is 0 Å². The minimum atomic E-state index is 1.01. The van der Waals surface area contributed by atoms with E-state index in [0.717, 1.165) is 13.0 Å². The molecule has 0 aromatic rings. The SMILES string of the molecule is C=C(CCCCCC)NCC.CC.